The van der Waals surface area contributed by atoms with Crippen LogP contribution in [0.4, 0.5) is 0 Å². The molecule has 0 aromatic carbocycles. The number of nitrogens with two attached hydrogens (primary N) is 1. The highest BCUT2D eigenvalue weighted by Crippen LogP contribution is 2.12. The molecule has 104 valence electrons. The molecule has 4 N–H and O–H groups in total. The maximum absolute atomic E-state index is 12.1. The standard InChI is InChI=1S/C10H20N4O3S/c1-3-4-9(7-17-2)14-18(15,16)10-8(5-11)6-12-13-10/h6,9,14H,3-5,7,11H2,1-2H3,(H,12,13). The summed E-state index contributed by atoms with van der Waals surface area (Å²) >= 11 is 0. The van der Waals surface area contributed by atoms with Crippen LogP contribution in [0.15, 0.2) is 11.2 Å². The zero-order valence-electron chi connectivity index (χ0n) is 10.6. The number of ether oxygens (including phenoxy) is 1. The summed E-state index contributed by atoms with van der Waals surface area (Å²) in [5.41, 5.74) is 5.93. The minimum Gasteiger partial charge on any atom is -0.383 e. The van der Waals surface area contributed by atoms with Gasteiger partial charge in [0.15, 0.2) is 5.03 Å². The van der Waals surface area contributed by atoms with Crippen molar-refractivity contribution in [3.63, 3.8) is 0 Å². The number of aromatic nitrogens is 2. The molecule has 0 saturated heterocycles. The first-order valence-corrected chi connectivity index (χ1v) is 7.27. The van der Waals surface area contributed by atoms with Gasteiger partial charge in [0, 0.05) is 25.3 Å². The third-order valence-corrected chi connectivity index (χ3v) is 4.03. The molecule has 0 spiro atoms. The van der Waals surface area contributed by atoms with E-state index in [1.54, 1.807) is 7.11 Å². The van der Waals surface area contributed by atoms with Crippen LogP contribution in [0.1, 0.15) is 25.3 Å². The molecular formula is C10H20N4O3S. The second-order valence-electron chi connectivity index (χ2n) is 3.99. The highest BCUT2D eigenvalue weighted by molar-refractivity contribution is 7.89. The summed E-state index contributed by atoms with van der Waals surface area (Å²) in [6, 6.07) is -0.251. The Kier molecular flexibility index (Phi) is 5.73. The van der Waals surface area contributed by atoms with Gasteiger partial charge < -0.3 is 10.5 Å². The molecule has 8 heteroatoms. The lowest BCUT2D eigenvalue weighted by Crippen LogP contribution is -2.38. The highest BCUT2D eigenvalue weighted by Gasteiger charge is 2.23. The molecule has 0 saturated carbocycles. The zero-order valence-corrected chi connectivity index (χ0v) is 11.5. The predicted octanol–water partition coefficient (Wildman–Crippen LogP) is -0.0382. The van der Waals surface area contributed by atoms with Crippen LogP contribution < -0.4 is 10.5 Å². The Balaban J connectivity index is 2.86. The number of hydrogen-bond donors (Lipinski definition) is 3. The molecule has 1 heterocycles. The summed E-state index contributed by atoms with van der Waals surface area (Å²) in [4.78, 5) is 0. The molecule has 1 rings (SSSR count). The van der Waals surface area contributed by atoms with Crippen LogP contribution >= 0.6 is 0 Å². The molecule has 1 atom stereocenters. The lowest BCUT2D eigenvalue weighted by molar-refractivity contribution is 0.171. The van der Waals surface area contributed by atoms with E-state index in [0.717, 1.165) is 6.42 Å². The number of methoxy groups -OCH3 is 1. The number of nitrogens with one attached hydrogen (secondary N) is 2. The number of nitrogens with zero attached hydrogens (tertiary/aromatic N) is 1. The van der Waals surface area contributed by atoms with Gasteiger partial charge in [0.2, 0.25) is 0 Å². The maximum Gasteiger partial charge on any atom is 0.258 e. The van der Waals surface area contributed by atoms with Gasteiger partial charge in [-0.2, -0.15) is 5.10 Å². The third kappa shape index (κ3) is 3.77. The molecule has 0 bridgehead atoms. The first-order chi connectivity index (χ1) is 8.55. The fourth-order valence-electron chi connectivity index (χ4n) is 1.68. The van der Waals surface area contributed by atoms with Crippen LogP contribution in [0.3, 0.4) is 0 Å². The van der Waals surface area contributed by atoms with Gasteiger partial charge >= 0.3 is 0 Å². The van der Waals surface area contributed by atoms with Crippen LogP contribution in [0.2, 0.25) is 0 Å². The summed E-state index contributed by atoms with van der Waals surface area (Å²) < 4.78 is 31.9. The van der Waals surface area contributed by atoms with E-state index >= 15 is 0 Å². The smallest absolute Gasteiger partial charge is 0.258 e. The summed E-state index contributed by atoms with van der Waals surface area (Å²) in [5, 5.41) is 6.20. The normalized spacial score (nSPS) is 13.7. The number of hydrogen-bond acceptors (Lipinski definition) is 5. The molecule has 1 unspecified atom stereocenters. The third-order valence-electron chi connectivity index (χ3n) is 2.49. The summed E-state index contributed by atoms with van der Waals surface area (Å²) in [6.07, 6.45) is 2.99. The molecular weight excluding hydrogens is 256 g/mol. The number of H-pyrrole nitrogens is 1. The van der Waals surface area contributed by atoms with Crippen molar-refractivity contribution in [1.29, 1.82) is 0 Å². The quantitative estimate of drug-likeness (QED) is 0.617. The van der Waals surface area contributed by atoms with E-state index in [1.807, 2.05) is 6.92 Å². The van der Waals surface area contributed by atoms with E-state index in [1.165, 1.54) is 6.20 Å². The molecule has 0 fully saturated rings. The van der Waals surface area contributed by atoms with E-state index in [4.69, 9.17) is 10.5 Å². The number of rotatable bonds is 8. The SMILES string of the molecule is CCCC(COC)NS(=O)(=O)c1[nH]ncc1CN. The zero-order chi connectivity index (χ0) is 13.6. The molecule has 0 aliphatic rings. The summed E-state index contributed by atoms with van der Waals surface area (Å²) in [6.45, 7) is 2.44. The lowest BCUT2D eigenvalue weighted by atomic mass is 10.2. The topological polar surface area (TPSA) is 110 Å². The second-order valence-corrected chi connectivity index (χ2v) is 5.64. The number of sulfonamides is 1. The van der Waals surface area contributed by atoms with E-state index in [0.29, 0.717) is 18.6 Å². The lowest BCUT2D eigenvalue weighted by Gasteiger charge is -2.16. The van der Waals surface area contributed by atoms with Crippen molar-refractivity contribution in [3.05, 3.63) is 11.8 Å². The van der Waals surface area contributed by atoms with Crippen molar-refractivity contribution in [2.45, 2.75) is 37.4 Å². The molecule has 0 aliphatic carbocycles. The average Bonchev–Trinajstić information content (AvgIpc) is 2.78. The average molecular weight is 276 g/mol. The van der Waals surface area contributed by atoms with Crippen LogP contribution in [-0.2, 0) is 21.3 Å². The van der Waals surface area contributed by atoms with Gasteiger partial charge in [0.05, 0.1) is 12.8 Å². The Morgan fingerprint density at radius 3 is 2.89 bits per heavy atom. The summed E-state index contributed by atoms with van der Waals surface area (Å²) in [7, 11) is -2.09. The molecule has 1 aromatic heterocycles. The van der Waals surface area contributed by atoms with Crippen molar-refractivity contribution < 1.29 is 13.2 Å². The fraction of sp³-hybridized carbons (Fsp3) is 0.700. The minimum absolute atomic E-state index is 0.0298. The Labute approximate surface area is 107 Å². The van der Waals surface area contributed by atoms with Crippen LogP contribution in [0.25, 0.3) is 0 Å². The highest BCUT2D eigenvalue weighted by atomic mass is 32.2. The molecule has 1 aromatic rings. The second kappa shape index (κ2) is 6.83. The van der Waals surface area contributed by atoms with E-state index < -0.39 is 10.0 Å². The van der Waals surface area contributed by atoms with E-state index in [2.05, 4.69) is 14.9 Å². The predicted molar refractivity (Wildman–Crippen MR) is 67.4 cm³/mol. The molecule has 0 aliphatic heterocycles. The van der Waals surface area contributed by atoms with Gasteiger partial charge in [-0.25, -0.2) is 13.1 Å². The van der Waals surface area contributed by atoms with Gasteiger partial charge in [-0.1, -0.05) is 13.3 Å². The maximum atomic E-state index is 12.1. The Bertz CT molecular complexity index is 451. The fourth-order valence-corrected chi connectivity index (χ4v) is 3.08. The number of aromatic amines is 1. The molecule has 0 radical (unpaired) electrons. The van der Waals surface area contributed by atoms with Gasteiger partial charge in [0.1, 0.15) is 0 Å². The molecule has 7 nitrogen and oxygen atoms in total. The van der Waals surface area contributed by atoms with Gasteiger partial charge in [-0.3, -0.25) is 5.10 Å². The molecule has 18 heavy (non-hydrogen) atoms. The van der Waals surface area contributed by atoms with Gasteiger partial charge in [-0.05, 0) is 6.42 Å². The Morgan fingerprint density at radius 2 is 2.33 bits per heavy atom. The van der Waals surface area contributed by atoms with Gasteiger partial charge in [0.25, 0.3) is 10.0 Å². The van der Waals surface area contributed by atoms with Crippen molar-refractivity contribution in [2.24, 2.45) is 5.73 Å². The Morgan fingerprint density at radius 1 is 1.61 bits per heavy atom. The van der Waals surface area contributed by atoms with Crippen molar-refractivity contribution in [3.8, 4) is 0 Å². The Hall–Kier alpha value is -0.960. The van der Waals surface area contributed by atoms with Crippen LogP contribution in [0.5, 0.6) is 0 Å². The minimum atomic E-state index is -3.63. The molecule has 0 amide bonds. The van der Waals surface area contributed by atoms with E-state index in [9.17, 15) is 8.42 Å². The van der Waals surface area contributed by atoms with Crippen molar-refractivity contribution >= 4 is 10.0 Å². The van der Waals surface area contributed by atoms with Gasteiger partial charge in [-0.15, -0.1) is 0 Å². The monoisotopic (exact) mass is 276 g/mol. The van der Waals surface area contributed by atoms with Crippen molar-refractivity contribution in [2.75, 3.05) is 13.7 Å². The van der Waals surface area contributed by atoms with Crippen molar-refractivity contribution in [1.82, 2.24) is 14.9 Å². The first kappa shape index (κ1) is 15.1. The van der Waals surface area contributed by atoms with Crippen LogP contribution in [0, 0.1) is 0 Å². The first-order valence-electron chi connectivity index (χ1n) is 5.78. The summed E-state index contributed by atoms with van der Waals surface area (Å²) in [5.74, 6) is 0. The van der Waals surface area contributed by atoms with Crippen LogP contribution in [-0.4, -0.2) is 38.4 Å². The largest absolute Gasteiger partial charge is 0.383 e. The van der Waals surface area contributed by atoms with E-state index in [-0.39, 0.29) is 17.6 Å².